The van der Waals surface area contributed by atoms with E-state index in [-0.39, 0.29) is 23.2 Å². The van der Waals surface area contributed by atoms with Gasteiger partial charge in [-0.25, -0.2) is 0 Å². The van der Waals surface area contributed by atoms with Crippen molar-refractivity contribution >= 4 is 17.6 Å². The lowest BCUT2D eigenvalue weighted by Gasteiger charge is -2.17. The Morgan fingerprint density at radius 2 is 2.10 bits per heavy atom. The van der Waals surface area contributed by atoms with Gasteiger partial charge < -0.3 is 15.2 Å². The Labute approximate surface area is 127 Å². The summed E-state index contributed by atoms with van der Waals surface area (Å²) in [5, 5.41) is 12.1. The second-order valence-corrected chi connectivity index (χ2v) is 5.45. The first-order valence-electron chi connectivity index (χ1n) is 6.49. The number of carbonyl (C=O) groups is 1. The van der Waals surface area contributed by atoms with Crippen LogP contribution in [0.2, 0.25) is 5.02 Å². The van der Waals surface area contributed by atoms with Gasteiger partial charge in [-0.2, -0.15) is 8.78 Å². The van der Waals surface area contributed by atoms with Gasteiger partial charge in [0, 0.05) is 6.54 Å². The Kier molecular flexibility index (Phi) is 6.84. The number of nitrogens with one attached hydrogen (secondary N) is 1. The Balaban J connectivity index is 2.66. The summed E-state index contributed by atoms with van der Waals surface area (Å²) in [6.45, 7) is 1.21. The molecule has 1 rings (SSSR count). The SMILES string of the molecule is CC(C)C[C@@H](NCc1ccc(OC(F)F)c(Cl)c1)C(=O)O. The van der Waals surface area contributed by atoms with Crippen molar-refractivity contribution in [3.8, 4) is 5.75 Å². The maximum atomic E-state index is 12.1. The summed E-state index contributed by atoms with van der Waals surface area (Å²) >= 11 is 5.83. The lowest BCUT2D eigenvalue weighted by Crippen LogP contribution is -2.37. The van der Waals surface area contributed by atoms with Crippen LogP contribution < -0.4 is 10.1 Å². The summed E-state index contributed by atoms with van der Waals surface area (Å²) in [7, 11) is 0. The van der Waals surface area contributed by atoms with Gasteiger partial charge in [-0.1, -0.05) is 31.5 Å². The van der Waals surface area contributed by atoms with Crippen molar-refractivity contribution in [1.29, 1.82) is 0 Å². The van der Waals surface area contributed by atoms with E-state index >= 15 is 0 Å². The zero-order valence-electron chi connectivity index (χ0n) is 11.8. The van der Waals surface area contributed by atoms with Crippen molar-refractivity contribution < 1.29 is 23.4 Å². The third-order valence-electron chi connectivity index (χ3n) is 2.77. The van der Waals surface area contributed by atoms with Crippen molar-refractivity contribution in [2.45, 2.75) is 39.5 Å². The highest BCUT2D eigenvalue weighted by molar-refractivity contribution is 6.32. The fourth-order valence-corrected chi connectivity index (χ4v) is 2.08. The molecule has 0 spiro atoms. The Bertz CT molecular complexity index is 483. The standard InChI is InChI=1S/C14H18ClF2NO3/c1-8(2)5-11(13(19)20)18-7-9-3-4-12(10(15)6-9)21-14(16)17/h3-4,6,8,11,14,18H,5,7H2,1-2H3,(H,19,20)/t11-/m1/s1. The molecule has 1 aromatic rings. The molecule has 0 fully saturated rings. The van der Waals surface area contributed by atoms with Gasteiger partial charge in [0.2, 0.25) is 0 Å². The number of aliphatic carboxylic acids is 1. The molecule has 0 saturated carbocycles. The highest BCUT2D eigenvalue weighted by Gasteiger charge is 2.18. The van der Waals surface area contributed by atoms with Gasteiger partial charge in [0.1, 0.15) is 11.8 Å². The number of alkyl halides is 2. The number of benzene rings is 1. The molecule has 0 bridgehead atoms. The fourth-order valence-electron chi connectivity index (χ4n) is 1.83. The molecule has 1 atom stereocenters. The summed E-state index contributed by atoms with van der Waals surface area (Å²) in [6.07, 6.45) is 0.496. The van der Waals surface area contributed by atoms with E-state index in [1.807, 2.05) is 13.8 Å². The van der Waals surface area contributed by atoms with Crippen molar-refractivity contribution in [2.24, 2.45) is 5.92 Å². The first-order valence-corrected chi connectivity index (χ1v) is 6.86. The van der Waals surface area contributed by atoms with Crippen molar-refractivity contribution in [3.63, 3.8) is 0 Å². The molecule has 0 radical (unpaired) electrons. The van der Waals surface area contributed by atoms with Gasteiger partial charge in [-0.05, 0) is 30.0 Å². The average molecular weight is 322 g/mol. The summed E-state index contributed by atoms with van der Waals surface area (Å²) in [5.74, 6) is -0.788. The maximum absolute atomic E-state index is 12.1. The van der Waals surface area contributed by atoms with E-state index in [0.717, 1.165) is 0 Å². The van der Waals surface area contributed by atoms with E-state index in [1.54, 1.807) is 6.07 Å². The van der Waals surface area contributed by atoms with Crippen molar-refractivity contribution in [3.05, 3.63) is 28.8 Å². The van der Waals surface area contributed by atoms with Crippen LogP contribution in [0.4, 0.5) is 8.78 Å². The molecule has 2 N–H and O–H groups in total. The third-order valence-corrected chi connectivity index (χ3v) is 3.07. The van der Waals surface area contributed by atoms with E-state index in [4.69, 9.17) is 16.7 Å². The highest BCUT2D eigenvalue weighted by atomic mass is 35.5. The van der Waals surface area contributed by atoms with Crippen molar-refractivity contribution in [1.82, 2.24) is 5.32 Å². The van der Waals surface area contributed by atoms with E-state index in [9.17, 15) is 13.6 Å². The zero-order chi connectivity index (χ0) is 16.0. The van der Waals surface area contributed by atoms with Crippen LogP contribution in [-0.4, -0.2) is 23.7 Å². The monoisotopic (exact) mass is 321 g/mol. The molecule has 0 unspecified atom stereocenters. The number of hydrogen-bond donors (Lipinski definition) is 2. The van der Waals surface area contributed by atoms with Crippen LogP contribution in [-0.2, 0) is 11.3 Å². The summed E-state index contributed by atoms with van der Waals surface area (Å²) in [5.41, 5.74) is 0.691. The quantitative estimate of drug-likeness (QED) is 0.769. The summed E-state index contributed by atoms with van der Waals surface area (Å²) in [6, 6.07) is 3.70. The Hall–Kier alpha value is -1.40. The minimum Gasteiger partial charge on any atom is -0.480 e. The number of carboxylic acid groups (broad SMARTS) is 1. The molecule has 0 aliphatic rings. The van der Waals surface area contributed by atoms with Gasteiger partial charge in [0.15, 0.2) is 0 Å². The van der Waals surface area contributed by atoms with E-state index in [0.29, 0.717) is 12.0 Å². The molecule has 0 heterocycles. The van der Waals surface area contributed by atoms with Crippen LogP contribution in [0.25, 0.3) is 0 Å². The van der Waals surface area contributed by atoms with E-state index < -0.39 is 18.6 Å². The minimum atomic E-state index is -2.94. The number of carboxylic acids is 1. The largest absolute Gasteiger partial charge is 0.480 e. The zero-order valence-corrected chi connectivity index (χ0v) is 12.5. The number of rotatable bonds is 8. The van der Waals surface area contributed by atoms with Gasteiger partial charge >= 0.3 is 12.6 Å². The van der Waals surface area contributed by atoms with E-state index in [1.165, 1.54) is 12.1 Å². The van der Waals surface area contributed by atoms with Crippen LogP contribution >= 0.6 is 11.6 Å². The van der Waals surface area contributed by atoms with Gasteiger partial charge in [0.05, 0.1) is 5.02 Å². The number of halogens is 3. The average Bonchev–Trinajstić information content (AvgIpc) is 2.36. The molecule has 0 aromatic heterocycles. The molecular formula is C14H18ClF2NO3. The fraction of sp³-hybridized carbons (Fsp3) is 0.500. The molecule has 0 saturated heterocycles. The molecule has 7 heteroatoms. The Morgan fingerprint density at radius 1 is 1.43 bits per heavy atom. The van der Waals surface area contributed by atoms with Crippen LogP contribution in [0.5, 0.6) is 5.75 Å². The van der Waals surface area contributed by atoms with Gasteiger partial charge in [0.25, 0.3) is 0 Å². The lowest BCUT2D eigenvalue weighted by molar-refractivity contribution is -0.140. The normalized spacial score (nSPS) is 12.7. The molecule has 0 amide bonds. The maximum Gasteiger partial charge on any atom is 0.387 e. The smallest absolute Gasteiger partial charge is 0.387 e. The van der Waals surface area contributed by atoms with Gasteiger partial charge in [-0.15, -0.1) is 0 Å². The predicted molar refractivity (Wildman–Crippen MR) is 75.8 cm³/mol. The molecule has 0 aliphatic heterocycles. The molecule has 21 heavy (non-hydrogen) atoms. The topological polar surface area (TPSA) is 58.6 Å². The number of ether oxygens (including phenoxy) is 1. The van der Waals surface area contributed by atoms with Crippen LogP contribution in [0.1, 0.15) is 25.8 Å². The van der Waals surface area contributed by atoms with E-state index in [2.05, 4.69) is 10.1 Å². The van der Waals surface area contributed by atoms with Crippen LogP contribution in [0, 0.1) is 5.92 Å². The molecule has 0 aliphatic carbocycles. The third kappa shape index (κ3) is 6.27. The highest BCUT2D eigenvalue weighted by Crippen LogP contribution is 2.27. The molecule has 4 nitrogen and oxygen atoms in total. The second kappa shape index (κ2) is 8.14. The Morgan fingerprint density at radius 3 is 2.57 bits per heavy atom. The van der Waals surface area contributed by atoms with Crippen LogP contribution in [0.3, 0.4) is 0 Å². The lowest BCUT2D eigenvalue weighted by atomic mass is 10.0. The predicted octanol–water partition coefficient (Wildman–Crippen LogP) is 3.53. The van der Waals surface area contributed by atoms with Crippen LogP contribution in [0.15, 0.2) is 18.2 Å². The summed E-state index contributed by atoms with van der Waals surface area (Å²) < 4.78 is 28.5. The summed E-state index contributed by atoms with van der Waals surface area (Å²) in [4.78, 5) is 11.1. The number of hydrogen-bond acceptors (Lipinski definition) is 3. The second-order valence-electron chi connectivity index (χ2n) is 5.04. The first-order chi connectivity index (χ1) is 9.79. The first kappa shape index (κ1) is 17.7. The minimum absolute atomic E-state index is 0.0605. The van der Waals surface area contributed by atoms with Crippen molar-refractivity contribution in [2.75, 3.05) is 0 Å². The molecule has 1 aromatic carbocycles. The van der Waals surface area contributed by atoms with Gasteiger partial charge in [-0.3, -0.25) is 4.79 Å². The molecule has 118 valence electrons. The molecular weight excluding hydrogens is 304 g/mol.